The maximum atomic E-state index is 12.1. The van der Waals surface area contributed by atoms with Crippen LogP contribution in [-0.4, -0.2) is 29.5 Å². The molecular weight excluding hydrogens is 282 g/mol. The molecule has 1 aliphatic rings. The minimum Gasteiger partial charge on any atom is -0.507 e. The first-order valence-electron chi connectivity index (χ1n) is 5.82. The average Bonchev–Trinajstić information content (AvgIpc) is 2.26. The van der Waals surface area contributed by atoms with E-state index in [9.17, 15) is 9.90 Å². The predicted molar refractivity (Wildman–Crippen MR) is 70.1 cm³/mol. The van der Waals surface area contributed by atoms with E-state index in [0.29, 0.717) is 16.0 Å². The van der Waals surface area contributed by atoms with Crippen LogP contribution in [0.15, 0.2) is 22.7 Å². The Morgan fingerprint density at radius 3 is 2.76 bits per heavy atom. The second kappa shape index (κ2) is 5.08. The molecule has 1 fully saturated rings. The molecule has 17 heavy (non-hydrogen) atoms. The van der Waals surface area contributed by atoms with E-state index in [2.05, 4.69) is 15.9 Å². The molecule has 1 aromatic carbocycles. The molecule has 0 spiro atoms. The van der Waals surface area contributed by atoms with Crippen LogP contribution < -0.4 is 0 Å². The molecule has 1 aromatic rings. The molecule has 0 aromatic heterocycles. The van der Waals surface area contributed by atoms with Gasteiger partial charge in [-0.1, -0.05) is 6.42 Å². The largest absolute Gasteiger partial charge is 0.507 e. The Bertz CT molecular complexity index is 429. The third-order valence-corrected chi connectivity index (χ3v) is 3.97. The Kier molecular flexibility index (Phi) is 3.72. The van der Waals surface area contributed by atoms with E-state index < -0.39 is 0 Å². The molecule has 0 radical (unpaired) electrons. The highest BCUT2D eigenvalue weighted by Crippen LogP contribution is 2.28. The van der Waals surface area contributed by atoms with Gasteiger partial charge < -0.3 is 10.0 Å². The second-order valence-electron chi connectivity index (χ2n) is 4.65. The van der Waals surface area contributed by atoms with Crippen LogP contribution in [0.5, 0.6) is 5.75 Å². The van der Waals surface area contributed by atoms with Crippen molar-refractivity contribution in [2.75, 3.05) is 13.6 Å². The third-order valence-electron chi connectivity index (χ3n) is 3.30. The van der Waals surface area contributed by atoms with Crippen molar-refractivity contribution >= 4 is 21.8 Å². The summed E-state index contributed by atoms with van der Waals surface area (Å²) in [4.78, 5) is 13.8. The van der Waals surface area contributed by atoms with Crippen LogP contribution in [0.4, 0.5) is 0 Å². The summed E-state index contributed by atoms with van der Waals surface area (Å²) in [5, 5.41) is 9.55. The third kappa shape index (κ3) is 2.80. The maximum Gasteiger partial charge on any atom is 0.253 e. The number of aromatic hydroxyl groups is 1. The highest BCUT2D eigenvalue weighted by molar-refractivity contribution is 9.10. The summed E-state index contributed by atoms with van der Waals surface area (Å²) in [6.45, 7) is 0.815. The quantitative estimate of drug-likeness (QED) is 0.932. The van der Waals surface area contributed by atoms with Crippen molar-refractivity contribution in [1.82, 2.24) is 4.90 Å². The molecule has 3 nitrogen and oxygen atoms in total. The Balaban J connectivity index is 2.04. The van der Waals surface area contributed by atoms with E-state index in [1.165, 1.54) is 25.3 Å². The van der Waals surface area contributed by atoms with Crippen LogP contribution in [0, 0.1) is 5.92 Å². The van der Waals surface area contributed by atoms with Gasteiger partial charge in [0.15, 0.2) is 0 Å². The number of rotatable bonds is 3. The SMILES string of the molecule is CN(CC1CCC1)C(=O)c1ccc(Br)c(O)c1. The summed E-state index contributed by atoms with van der Waals surface area (Å²) in [7, 11) is 1.82. The highest BCUT2D eigenvalue weighted by atomic mass is 79.9. The van der Waals surface area contributed by atoms with Gasteiger partial charge in [0.05, 0.1) is 4.47 Å². The van der Waals surface area contributed by atoms with Crippen LogP contribution in [0.25, 0.3) is 0 Å². The predicted octanol–water partition coefficient (Wildman–Crippen LogP) is 3.03. The molecule has 4 heteroatoms. The summed E-state index contributed by atoms with van der Waals surface area (Å²) in [5.41, 5.74) is 0.535. The zero-order valence-electron chi connectivity index (χ0n) is 9.82. The Morgan fingerprint density at radius 1 is 1.53 bits per heavy atom. The Hall–Kier alpha value is -1.03. The summed E-state index contributed by atoms with van der Waals surface area (Å²) in [5.74, 6) is 0.737. The zero-order valence-corrected chi connectivity index (χ0v) is 11.4. The molecule has 0 atom stereocenters. The topological polar surface area (TPSA) is 40.5 Å². The van der Waals surface area contributed by atoms with Crippen molar-refractivity contribution in [3.05, 3.63) is 28.2 Å². The first-order chi connectivity index (χ1) is 8.08. The standard InChI is InChI=1S/C13H16BrNO2/c1-15(8-9-3-2-4-9)13(17)10-5-6-11(14)12(16)7-10/h5-7,9,16H,2-4,8H2,1H3. The molecule has 1 N–H and O–H groups in total. The first kappa shape index (κ1) is 12.4. The molecule has 0 bridgehead atoms. The van der Waals surface area contributed by atoms with Crippen molar-refractivity contribution < 1.29 is 9.90 Å². The monoisotopic (exact) mass is 297 g/mol. The summed E-state index contributed by atoms with van der Waals surface area (Å²) < 4.78 is 0.607. The molecule has 92 valence electrons. The average molecular weight is 298 g/mol. The summed E-state index contributed by atoms with van der Waals surface area (Å²) in [6.07, 6.45) is 3.73. The van der Waals surface area contributed by atoms with Crippen LogP contribution in [0.2, 0.25) is 0 Å². The van der Waals surface area contributed by atoms with Gasteiger partial charge in [-0.25, -0.2) is 0 Å². The lowest BCUT2D eigenvalue weighted by Crippen LogP contribution is -2.34. The number of hydrogen-bond acceptors (Lipinski definition) is 2. The van der Waals surface area contributed by atoms with Crippen molar-refractivity contribution in [2.45, 2.75) is 19.3 Å². The van der Waals surface area contributed by atoms with Gasteiger partial charge in [0.2, 0.25) is 0 Å². The minimum atomic E-state index is -0.0281. The lowest BCUT2D eigenvalue weighted by Gasteiger charge is -2.30. The van der Waals surface area contributed by atoms with Crippen LogP contribution in [0.1, 0.15) is 29.6 Å². The molecule has 0 unspecified atom stereocenters. The number of phenolic OH excluding ortho intramolecular Hbond substituents is 1. The van der Waals surface area contributed by atoms with E-state index in [-0.39, 0.29) is 11.7 Å². The lowest BCUT2D eigenvalue weighted by molar-refractivity contribution is 0.0745. The van der Waals surface area contributed by atoms with Crippen molar-refractivity contribution in [1.29, 1.82) is 0 Å². The summed E-state index contributed by atoms with van der Waals surface area (Å²) >= 11 is 3.20. The first-order valence-corrected chi connectivity index (χ1v) is 6.61. The highest BCUT2D eigenvalue weighted by Gasteiger charge is 2.22. The van der Waals surface area contributed by atoms with Crippen LogP contribution >= 0.6 is 15.9 Å². The molecule has 1 amide bonds. The fraction of sp³-hybridized carbons (Fsp3) is 0.462. The Morgan fingerprint density at radius 2 is 2.24 bits per heavy atom. The maximum absolute atomic E-state index is 12.1. The smallest absolute Gasteiger partial charge is 0.253 e. The van der Waals surface area contributed by atoms with Gasteiger partial charge in [-0.05, 0) is 52.9 Å². The van der Waals surface area contributed by atoms with Gasteiger partial charge in [-0.15, -0.1) is 0 Å². The number of nitrogens with zero attached hydrogens (tertiary/aromatic N) is 1. The normalized spacial score (nSPS) is 15.4. The van der Waals surface area contributed by atoms with Gasteiger partial charge in [0, 0.05) is 19.2 Å². The molecule has 2 rings (SSSR count). The van der Waals surface area contributed by atoms with Gasteiger partial charge in [0.25, 0.3) is 5.91 Å². The zero-order chi connectivity index (χ0) is 12.4. The molecule has 0 saturated heterocycles. The lowest BCUT2D eigenvalue weighted by atomic mass is 9.85. The number of halogens is 1. The molecule has 0 aliphatic heterocycles. The molecule has 1 saturated carbocycles. The van der Waals surface area contributed by atoms with Crippen molar-refractivity contribution in [3.8, 4) is 5.75 Å². The van der Waals surface area contributed by atoms with E-state index in [1.54, 1.807) is 17.0 Å². The number of carbonyl (C=O) groups is 1. The minimum absolute atomic E-state index is 0.0281. The second-order valence-corrected chi connectivity index (χ2v) is 5.50. The van der Waals surface area contributed by atoms with Gasteiger partial charge in [0.1, 0.15) is 5.75 Å². The van der Waals surface area contributed by atoms with Gasteiger partial charge in [-0.3, -0.25) is 4.79 Å². The van der Waals surface area contributed by atoms with Crippen molar-refractivity contribution in [2.24, 2.45) is 5.92 Å². The van der Waals surface area contributed by atoms with Crippen LogP contribution in [0.3, 0.4) is 0 Å². The fourth-order valence-corrected chi connectivity index (χ4v) is 2.26. The Labute approximate surface area is 110 Å². The van der Waals surface area contributed by atoms with E-state index in [0.717, 1.165) is 6.54 Å². The number of benzene rings is 1. The number of carbonyl (C=O) groups excluding carboxylic acids is 1. The summed E-state index contributed by atoms with van der Waals surface area (Å²) in [6, 6.07) is 4.92. The van der Waals surface area contributed by atoms with Crippen molar-refractivity contribution in [3.63, 3.8) is 0 Å². The number of phenols is 1. The molecule has 0 heterocycles. The van der Waals surface area contributed by atoms with E-state index in [4.69, 9.17) is 0 Å². The van der Waals surface area contributed by atoms with E-state index >= 15 is 0 Å². The van der Waals surface area contributed by atoms with E-state index in [1.807, 2.05) is 7.05 Å². The van der Waals surface area contributed by atoms with Gasteiger partial charge in [-0.2, -0.15) is 0 Å². The molecule has 1 aliphatic carbocycles. The van der Waals surface area contributed by atoms with Gasteiger partial charge >= 0.3 is 0 Å². The number of amides is 1. The number of hydrogen-bond donors (Lipinski definition) is 1. The molecular formula is C13H16BrNO2. The van der Waals surface area contributed by atoms with Crippen LogP contribution in [-0.2, 0) is 0 Å². The fourth-order valence-electron chi connectivity index (χ4n) is 2.01.